The van der Waals surface area contributed by atoms with E-state index in [1.807, 2.05) is 18.4 Å². The monoisotopic (exact) mass is 278 g/mol. The van der Waals surface area contributed by atoms with E-state index in [1.54, 1.807) is 11.3 Å². The summed E-state index contributed by atoms with van der Waals surface area (Å²) in [5.74, 6) is 0. The van der Waals surface area contributed by atoms with Gasteiger partial charge in [-0.2, -0.15) is 0 Å². The van der Waals surface area contributed by atoms with Crippen LogP contribution in [0.2, 0.25) is 0 Å². The molecule has 0 aromatic carbocycles. The molecule has 0 aliphatic heterocycles. The third-order valence-corrected chi connectivity index (χ3v) is 4.67. The minimum Gasteiger partial charge on any atom is -0.392 e. The minimum absolute atomic E-state index is 0.490. The van der Waals surface area contributed by atoms with Gasteiger partial charge in [-0.05, 0) is 28.4 Å². The van der Waals surface area contributed by atoms with Crippen molar-refractivity contribution in [1.29, 1.82) is 0 Å². The molecule has 78 valence electrons. The molecule has 0 saturated heterocycles. The summed E-state index contributed by atoms with van der Waals surface area (Å²) in [4.78, 5) is 1.10. The lowest BCUT2D eigenvalue weighted by Crippen LogP contribution is -2.23. The molecule has 1 aromatic rings. The van der Waals surface area contributed by atoms with E-state index in [4.69, 9.17) is 0 Å². The summed E-state index contributed by atoms with van der Waals surface area (Å²) in [5.41, 5.74) is -0.490. The Morgan fingerprint density at radius 1 is 1.86 bits per heavy atom. The molecule has 0 amide bonds. The summed E-state index contributed by atoms with van der Waals surface area (Å²) in [6, 6.07) is 1.98. The van der Waals surface area contributed by atoms with Crippen LogP contribution in [0.3, 0.4) is 0 Å². The van der Waals surface area contributed by atoms with Crippen LogP contribution in [0.4, 0.5) is 4.39 Å². The second kappa shape index (κ2) is 3.58. The van der Waals surface area contributed by atoms with Gasteiger partial charge in [0.05, 0.1) is 6.10 Å². The van der Waals surface area contributed by atoms with E-state index < -0.39 is 17.7 Å². The number of thiophene rings is 1. The number of aliphatic hydroxyl groups is 1. The maximum absolute atomic E-state index is 13.0. The van der Waals surface area contributed by atoms with E-state index in [9.17, 15) is 9.50 Å². The third-order valence-electron chi connectivity index (χ3n) is 2.95. The minimum atomic E-state index is -0.819. The molecule has 0 radical (unpaired) electrons. The molecular weight excluding hydrogens is 267 g/mol. The summed E-state index contributed by atoms with van der Waals surface area (Å²) in [7, 11) is 0. The fraction of sp³-hybridized carbons (Fsp3) is 0.600. The van der Waals surface area contributed by atoms with Crippen molar-refractivity contribution >= 4 is 27.3 Å². The van der Waals surface area contributed by atoms with E-state index in [0.29, 0.717) is 12.8 Å². The highest BCUT2D eigenvalue weighted by atomic mass is 79.9. The van der Waals surface area contributed by atoms with Crippen molar-refractivity contribution in [3.8, 4) is 0 Å². The standard InChI is InChI=1S/C10H12BrFOS/c1-10(4-8(10)12)9(13)3-7-2-6(11)5-14-7/h2,5,8-9,13H,3-4H2,1H3. The highest BCUT2D eigenvalue weighted by Gasteiger charge is 2.55. The molecule has 1 N–H and O–H groups in total. The van der Waals surface area contributed by atoms with Crippen molar-refractivity contribution in [1.82, 2.24) is 0 Å². The Labute approximate surface area is 95.1 Å². The fourth-order valence-electron chi connectivity index (χ4n) is 1.56. The topological polar surface area (TPSA) is 20.2 Å². The lowest BCUT2D eigenvalue weighted by molar-refractivity contribution is 0.0883. The average Bonchev–Trinajstić information content (AvgIpc) is 2.56. The van der Waals surface area contributed by atoms with Gasteiger partial charge in [0.25, 0.3) is 0 Å². The Morgan fingerprint density at radius 2 is 2.50 bits per heavy atom. The van der Waals surface area contributed by atoms with Gasteiger partial charge in [0.2, 0.25) is 0 Å². The molecule has 1 heterocycles. The van der Waals surface area contributed by atoms with Gasteiger partial charge in [-0.15, -0.1) is 11.3 Å². The van der Waals surface area contributed by atoms with Crippen molar-refractivity contribution in [3.63, 3.8) is 0 Å². The molecule has 1 nitrogen and oxygen atoms in total. The van der Waals surface area contributed by atoms with Gasteiger partial charge < -0.3 is 5.11 Å². The van der Waals surface area contributed by atoms with E-state index in [-0.39, 0.29) is 0 Å². The zero-order valence-electron chi connectivity index (χ0n) is 7.84. The summed E-state index contributed by atoms with van der Waals surface area (Å²) >= 11 is 4.95. The Hall–Kier alpha value is 0.0700. The SMILES string of the molecule is CC1(C(O)Cc2cc(Br)cs2)CC1F. The van der Waals surface area contributed by atoms with Crippen LogP contribution in [0.1, 0.15) is 18.2 Å². The maximum Gasteiger partial charge on any atom is 0.109 e. The Bertz CT molecular complexity index is 341. The third kappa shape index (κ3) is 1.88. The van der Waals surface area contributed by atoms with E-state index in [1.165, 1.54) is 0 Å². The number of hydrogen-bond donors (Lipinski definition) is 1. The first-order chi connectivity index (χ1) is 6.52. The van der Waals surface area contributed by atoms with Crippen LogP contribution < -0.4 is 0 Å². The molecule has 3 atom stereocenters. The summed E-state index contributed by atoms with van der Waals surface area (Å²) in [6.07, 6.45) is -0.308. The van der Waals surface area contributed by atoms with Gasteiger partial charge in [-0.1, -0.05) is 6.92 Å². The molecular formula is C10H12BrFOS. The van der Waals surface area contributed by atoms with Crippen molar-refractivity contribution in [2.45, 2.75) is 32.0 Å². The van der Waals surface area contributed by atoms with Crippen LogP contribution >= 0.6 is 27.3 Å². The molecule has 0 bridgehead atoms. The molecule has 1 saturated carbocycles. The van der Waals surface area contributed by atoms with E-state index >= 15 is 0 Å². The predicted octanol–water partition coefficient (Wildman–Crippen LogP) is 3.16. The molecule has 1 aromatic heterocycles. The van der Waals surface area contributed by atoms with Crippen molar-refractivity contribution in [2.24, 2.45) is 5.41 Å². The highest BCUT2D eigenvalue weighted by Crippen LogP contribution is 2.51. The van der Waals surface area contributed by atoms with Crippen LogP contribution in [-0.2, 0) is 6.42 Å². The second-order valence-corrected chi connectivity index (χ2v) is 6.04. The van der Waals surface area contributed by atoms with E-state index in [2.05, 4.69) is 15.9 Å². The van der Waals surface area contributed by atoms with Gasteiger partial charge >= 0.3 is 0 Å². The molecule has 2 rings (SSSR count). The summed E-state index contributed by atoms with van der Waals surface area (Å²) in [6.45, 7) is 1.81. The first-order valence-corrected chi connectivity index (χ1v) is 6.24. The number of rotatable bonds is 3. The fourth-order valence-corrected chi connectivity index (χ4v) is 3.05. The van der Waals surface area contributed by atoms with Crippen LogP contribution in [-0.4, -0.2) is 17.4 Å². The molecule has 3 unspecified atom stereocenters. The molecule has 1 fully saturated rings. The van der Waals surface area contributed by atoms with Gasteiger partial charge in [0.15, 0.2) is 0 Å². The normalized spacial score (nSPS) is 33.0. The Kier molecular flexibility index (Phi) is 2.70. The van der Waals surface area contributed by atoms with Crippen LogP contribution in [0, 0.1) is 5.41 Å². The average molecular weight is 279 g/mol. The molecule has 1 aliphatic carbocycles. The molecule has 1 aliphatic rings. The second-order valence-electron chi connectivity index (χ2n) is 4.13. The number of hydrogen-bond acceptors (Lipinski definition) is 2. The van der Waals surface area contributed by atoms with Crippen molar-refractivity contribution in [3.05, 3.63) is 20.8 Å². The predicted molar refractivity (Wildman–Crippen MR) is 59.3 cm³/mol. The molecule has 0 spiro atoms. The molecule has 4 heteroatoms. The number of alkyl halides is 1. The lowest BCUT2D eigenvalue weighted by atomic mass is 9.98. The van der Waals surface area contributed by atoms with Crippen molar-refractivity contribution in [2.75, 3.05) is 0 Å². The van der Waals surface area contributed by atoms with Crippen molar-refractivity contribution < 1.29 is 9.50 Å². The lowest BCUT2D eigenvalue weighted by Gasteiger charge is -2.16. The number of halogens is 2. The van der Waals surface area contributed by atoms with Gasteiger partial charge in [-0.25, -0.2) is 4.39 Å². The molecule has 14 heavy (non-hydrogen) atoms. The zero-order valence-corrected chi connectivity index (χ0v) is 10.2. The zero-order chi connectivity index (χ0) is 10.3. The van der Waals surface area contributed by atoms with Crippen LogP contribution in [0.15, 0.2) is 15.9 Å². The first kappa shape index (κ1) is 10.6. The maximum atomic E-state index is 13.0. The first-order valence-electron chi connectivity index (χ1n) is 4.57. The van der Waals surface area contributed by atoms with Crippen LogP contribution in [0.5, 0.6) is 0 Å². The van der Waals surface area contributed by atoms with E-state index in [0.717, 1.165) is 9.35 Å². The number of aliphatic hydroxyl groups excluding tert-OH is 1. The quantitative estimate of drug-likeness (QED) is 0.901. The Balaban J connectivity index is 1.98. The van der Waals surface area contributed by atoms with Gasteiger partial charge in [0.1, 0.15) is 6.17 Å². The highest BCUT2D eigenvalue weighted by molar-refractivity contribution is 9.10. The summed E-state index contributed by atoms with van der Waals surface area (Å²) in [5, 5.41) is 11.8. The van der Waals surface area contributed by atoms with Gasteiger partial charge in [-0.3, -0.25) is 0 Å². The largest absolute Gasteiger partial charge is 0.392 e. The summed E-state index contributed by atoms with van der Waals surface area (Å²) < 4.78 is 14.0. The van der Waals surface area contributed by atoms with Gasteiger partial charge in [0, 0.05) is 26.6 Å². The smallest absolute Gasteiger partial charge is 0.109 e. The Morgan fingerprint density at radius 3 is 2.93 bits per heavy atom. The van der Waals surface area contributed by atoms with Crippen LogP contribution in [0.25, 0.3) is 0 Å².